The van der Waals surface area contributed by atoms with Crippen molar-refractivity contribution in [3.05, 3.63) is 73.1 Å². The highest BCUT2D eigenvalue weighted by Crippen LogP contribution is 2.38. The fraction of sp³-hybridized carbons (Fsp3) is 0.0714. The summed E-state index contributed by atoms with van der Waals surface area (Å²) in [6.45, 7) is 3.38. The Morgan fingerprint density at radius 3 is 2.38 bits per heavy atom. The summed E-state index contributed by atoms with van der Waals surface area (Å²) in [6.07, 6.45) is 18.5. The molecule has 0 radical (unpaired) electrons. The summed E-state index contributed by atoms with van der Waals surface area (Å²) >= 11 is 0. The maximum atomic E-state index is 11.2. The molecule has 16 heavy (non-hydrogen) atoms. The summed E-state index contributed by atoms with van der Waals surface area (Å²) in [5, 5.41) is 0. The summed E-state index contributed by atoms with van der Waals surface area (Å²) in [6, 6.07) is 0. The van der Waals surface area contributed by atoms with Crippen molar-refractivity contribution in [2.75, 3.05) is 0 Å². The van der Waals surface area contributed by atoms with Crippen molar-refractivity contribution in [2.24, 2.45) is 5.41 Å². The van der Waals surface area contributed by atoms with Gasteiger partial charge in [-0.1, -0.05) is 55.2 Å². The van der Waals surface area contributed by atoms with Gasteiger partial charge in [0.05, 0.1) is 5.41 Å². The van der Waals surface area contributed by atoms with E-state index in [1.807, 2.05) is 48.6 Å². The average molecular weight is 212 g/mol. The fourth-order valence-electron chi connectivity index (χ4n) is 1.68. The van der Waals surface area contributed by atoms with Gasteiger partial charge in [-0.25, -0.2) is 4.79 Å². The van der Waals surface area contributed by atoms with Crippen molar-refractivity contribution in [3.8, 4) is 0 Å². The Kier molecular flexibility index (Phi) is 2.73. The highest BCUT2D eigenvalue weighted by Gasteiger charge is 2.31. The second-order valence-corrected chi connectivity index (χ2v) is 3.55. The van der Waals surface area contributed by atoms with Crippen LogP contribution in [0.5, 0.6) is 0 Å². The minimum Gasteiger partial charge on any atom is -0.426 e. The molecular weight excluding hydrogens is 200 g/mol. The van der Waals surface area contributed by atoms with E-state index in [1.165, 1.54) is 0 Å². The van der Waals surface area contributed by atoms with E-state index in [2.05, 4.69) is 6.58 Å². The smallest absolute Gasteiger partial charge is 0.335 e. The van der Waals surface area contributed by atoms with Crippen LogP contribution in [0.1, 0.15) is 0 Å². The highest BCUT2D eigenvalue weighted by molar-refractivity contribution is 5.82. The number of allylic oxidation sites excluding steroid dienone is 7. The molecule has 2 aliphatic carbocycles. The van der Waals surface area contributed by atoms with E-state index < -0.39 is 11.4 Å². The quantitative estimate of drug-likeness (QED) is 0.519. The van der Waals surface area contributed by atoms with Gasteiger partial charge in [0.1, 0.15) is 5.76 Å². The molecule has 0 atom stereocenters. The van der Waals surface area contributed by atoms with Gasteiger partial charge in [-0.15, -0.1) is 0 Å². The zero-order valence-corrected chi connectivity index (χ0v) is 8.80. The SMILES string of the molecule is C=CC(=O)OC1=CC=CC12C=CC=CC=C2. The minimum absolute atomic E-state index is 0.428. The molecular formula is C14H12O2. The Bertz CT molecular complexity index is 443. The van der Waals surface area contributed by atoms with Gasteiger partial charge in [0.15, 0.2) is 0 Å². The molecule has 0 heterocycles. The summed E-state index contributed by atoms with van der Waals surface area (Å²) < 4.78 is 5.22. The first-order chi connectivity index (χ1) is 7.77. The lowest BCUT2D eigenvalue weighted by atomic mass is 9.87. The van der Waals surface area contributed by atoms with Crippen LogP contribution in [0.4, 0.5) is 0 Å². The zero-order valence-electron chi connectivity index (χ0n) is 8.80. The first-order valence-corrected chi connectivity index (χ1v) is 5.05. The summed E-state index contributed by atoms with van der Waals surface area (Å²) in [4.78, 5) is 11.2. The summed E-state index contributed by atoms with van der Waals surface area (Å²) in [7, 11) is 0. The normalized spacial score (nSPS) is 19.6. The maximum Gasteiger partial charge on any atom is 0.335 e. The molecule has 2 heteroatoms. The van der Waals surface area contributed by atoms with Crippen molar-refractivity contribution >= 4 is 5.97 Å². The van der Waals surface area contributed by atoms with Crippen molar-refractivity contribution in [1.82, 2.24) is 0 Å². The Balaban J connectivity index is 2.28. The van der Waals surface area contributed by atoms with Crippen LogP contribution < -0.4 is 0 Å². The molecule has 2 rings (SSSR count). The molecule has 0 saturated heterocycles. The number of hydrogen-bond donors (Lipinski definition) is 0. The largest absolute Gasteiger partial charge is 0.426 e. The molecule has 2 nitrogen and oxygen atoms in total. The fourth-order valence-corrected chi connectivity index (χ4v) is 1.68. The van der Waals surface area contributed by atoms with Crippen LogP contribution in [-0.4, -0.2) is 5.97 Å². The number of carbonyl (C=O) groups excluding carboxylic acids is 1. The maximum absolute atomic E-state index is 11.2. The first-order valence-electron chi connectivity index (χ1n) is 5.05. The molecule has 0 saturated carbocycles. The van der Waals surface area contributed by atoms with Gasteiger partial charge in [-0.2, -0.15) is 0 Å². The van der Waals surface area contributed by atoms with Crippen molar-refractivity contribution in [2.45, 2.75) is 0 Å². The van der Waals surface area contributed by atoms with Crippen LogP contribution in [0.3, 0.4) is 0 Å². The third-order valence-corrected chi connectivity index (χ3v) is 2.50. The lowest BCUT2D eigenvalue weighted by Gasteiger charge is -2.22. The number of rotatable bonds is 2. The third-order valence-electron chi connectivity index (χ3n) is 2.50. The average Bonchev–Trinajstić information content (AvgIpc) is 2.52. The molecule has 0 fully saturated rings. The molecule has 0 aliphatic heterocycles. The van der Waals surface area contributed by atoms with E-state index in [1.54, 1.807) is 6.08 Å². The second kappa shape index (κ2) is 4.19. The molecule has 0 bridgehead atoms. The summed E-state index contributed by atoms with van der Waals surface area (Å²) in [5.74, 6) is 0.168. The van der Waals surface area contributed by atoms with Crippen LogP contribution in [0.2, 0.25) is 0 Å². The zero-order chi connectivity index (χ0) is 11.4. The van der Waals surface area contributed by atoms with Gasteiger partial charge in [-0.3, -0.25) is 0 Å². The monoisotopic (exact) mass is 212 g/mol. The predicted octanol–water partition coefficient (Wildman–Crippen LogP) is 2.84. The molecule has 0 aromatic carbocycles. The standard InChI is InChI=1S/C14H12O2/c1-2-13(15)16-12-8-7-11-14(12)9-5-3-4-6-10-14/h2-11H,1H2. The van der Waals surface area contributed by atoms with E-state index in [9.17, 15) is 4.79 Å². The second-order valence-electron chi connectivity index (χ2n) is 3.55. The van der Waals surface area contributed by atoms with Gasteiger partial charge < -0.3 is 4.74 Å². The first kappa shape index (κ1) is 10.4. The molecule has 0 aromatic heterocycles. The number of esters is 1. The molecule has 0 aromatic rings. The minimum atomic E-state index is -0.437. The van der Waals surface area contributed by atoms with E-state index in [-0.39, 0.29) is 0 Å². The van der Waals surface area contributed by atoms with E-state index in [0.717, 1.165) is 6.08 Å². The van der Waals surface area contributed by atoms with Crippen LogP contribution >= 0.6 is 0 Å². The Hall–Kier alpha value is -2.09. The van der Waals surface area contributed by atoms with Gasteiger partial charge >= 0.3 is 5.97 Å². The molecule has 80 valence electrons. The predicted molar refractivity (Wildman–Crippen MR) is 63.4 cm³/mol. The van der Waals surface area contributed by atoms with Crippen molar-refractivity contribution in [3.63, 3.8) is 0 Å². The Morgan fingerprint density at radius 1 is 1.12 bits per heavy atom. The number of ether oxygens (including phenoxy) is 1. The molecule has 0 unspecified atom stereocenters. The number of hydrogen-bond acceptors (Lipinski definition) is 2. The van der Waals surface area contributed by atoms with Crippen LogP contribution in [0.25, 0.3) is 0 Å². The molecule has 2 aliphatic rings. The third kappa shape index (κ3) is 1.82. The molecule has 0 N–H and O–H groups in total. The van der Waals surface area contributed by atoms with E-state index in [0.29, 0.717) is 5.76 Å². The topological polar surface area (TPSA) is 26.3 Å². The molecule has 1 spiro atoms. The van der Waals surface area contributed by atoms with Crippen molar-refractivity contribution < 1.29 is 9.53 Å². The Morgan fingerprint density at radius 2 is 1.75 bits per heavy atom. The summed E-state index contributed by atoms with van der Waals surface area (Å²) in [5.41, 5.74) is -0.428. The highest BCUT2D eigenvalue weighted by atomic mass is 16.5. The van der Waals surface area contributed by atoms with Crippen molar-refractivity contribution in [1.29, 1.82) is 0 Å². The van der Waals surface area contributed by atoms with Crippen LogP contribution in [0.15, 0.2) is 73.1 Å². The van der Waals surface area contributed by atoms with Gasteiger partial charge in [0.2, 0.25) is 0 Å². The molecule has 0 amide bonds. The lowest BCUT2D eigenvalue weighted by molar-refractivity contribution is -0.134. The van der Waals surface area contributed by atoms with Gasteiger partial charge in [-0.05, 0) is 6.08 Å². The van der Waals surface area contributed by atoms with E-state index >= 15 is 0 Å². The Labute approximate surface area is 94.6 Å². The number of carbonyl (C=O) groups is 1. The van der Waals surface area contributed by atoms with E-state index in [4.69, 9.17) is 4.74 Å². The lowest BCUT2D eigenvalue weighted by Crippen LogP contribution is -2.17. The van der Waals surface area contributed by atoms with Crippen LogP contribution in [-0.2, 0) is 9.53 Å². The van der Waals surface area contributed by atoms with Crippen LogP contribution in [0, 0.1) is 5.41 Å². The van der Waals surface area contributed by atoms with Gasteiger partial charge in [0, 0.05) is 6.08 Å². The van der Waals surface area contributed by atoms with Gasteiger partial charge in [0.25, 0.3) is 0 Å².